The molecule has 0 spiro atoms. The zero-order valence-corrected chi connectivity index (χ0v) is 14.8. The van der Waals surface area contributed by atoms with Crippen LogP contribution in [-0.2, 0) is 13.0 Å². The standard InChI is InChI=1S/C18H19N5OS/c1-12-4-6-13(7-5-12)9-16-21-15(10-25-16)18(24)22-14-3-2-8-23-17(14)19-11-20-23/h4-7,10-11,14H,2-3,8-9H2,1H3,(H,22,24). The molecule has 1 unspecified atom stereocenters. The molecule has 1 aliphatic rings. The lowest BCUT2D eigenvalue weighted by Gasteiger charge is -2.22. The van der Waals surface area contributed by atoms with Crippen LogP contribution in [0.25, 0.3) is 0 Å². The van der Waals surface area contributed by atoms with Gasteiger partial charge < -0.3 is 5.32 Å². The number of nitrogens with one attached hydrogen (secondary N) is 1. The number of fused-ring (bicyclic) bond motifs is 1. The van der Waals surface area contributed by atoms with Gasteiger partial charge in [-0.2, -0.15) is 5.10 Å². The molecule has 7 heteroatoms. The Hall–Kier alpha value is -2.54. The molecule has 3 aromatic rings. The van der Waals surface area contributed by atoms with Gasteiger partial charge in [0.2, 0.25) is 0 Å². The van der Waals surface area contributed by atoms with Crippen molar-refractivity contribution >= 4 is 17.2 Å². The van der Waals surface area contributed by atoms with Crippen molar-refractivity contribution in [1.82, 2.24) is 25.1 Å². The highest BCUT2D eigenvalue weighted by Crippen LogP contribution is 2.23. The van der Waals surface area contributed by atoms with Crippen molar-refractivity contribution in [2.24, 2.45) is 0 Å². The second-order valence-corrected chi connectivity index (χ2v) is 7.24. The summed E-state index contributed by atoms with van der Waals surface area (Å²) in [7, 11) is 0. The zero-order chi connectivity index (χ0) is 17.2. The first-order valence-corrected chi connectivity index (χ1v) is 9.25. The number of carbonyl (C=O) groups is 1. The van der Waals surface area contributed by atoms with Gasteiger partial charge in [0.15, 0.2) is 0 Å². The van der Waals surface area contributed by atoms with Crippen molar-refractivity contribution < 1.29 is 4.79 Å². The number of nitrogens with zero attached hydrogens (tertiary/aromatic N) is 4. The van der Waals surface area contributed by atoms with Crippen molar-refractivity contribution in [1.29, 1.82) is 0 Å². The van der Waals surface area contributed by atoms with E-state index in [1.165, 1.54) is 22.5 Å². The molecule has 4 rings (SSSR count). The average Bonchev–Trinajstić information content (AvgIpc) is 3.27. The molecule has 0 saturated carbocycles. The van der Waals surface area contributed by atoms with Gasteiger partial charge in [-0.15, -0.1) is 11.3 Å². The van der Waals surface area contributed by atoms with Crippen LogP contribution in [0.15, 0.2) is 36.0 Å². The summed E-state index contributed by atoms with van der Waals surface area (Å²) >= 11 is 1.52. The van der Waals surface area contributed by atoms with Crippen molar-refractivity contribution in [2.75, 3.05) is 0 Å². The lowest BCUT2D eigenvalue weighted by molar-refractivity contribution is 0.0922. The fourth-order valence-corrected chi connectivity index (χ4v) is 3.84. The summed E-state index contributed by atoms with van der Waals surface area (Å²) in [6.45, 7) is 2.93. The molecule has 3 heterocycles. The Bertz CT molecular complexity index is 883. The molecule has 1 amide bonds. The third kappa shape index (κ3) is 3.46. The maximum Gasteiger partial charge on any atom is 0.271 e. The second-order valence-electron chi connectivity index (χ2n) is 6.30. The normalized spacial score (nSPS) is 16.4. The number of benzene rings is 1. The van der Waals surface area contributed by atoms with Gasteiger partial charge in [0.25, 0.3) is 5.91 Å². The van der Waals surface area contributed by atoms with E-state index in [0.717, 1.165) is 36.6 Å². The highest BCUT2D eigenvalue weighted by atomic mass is 32.1. The molecule has 0 fully saturated rings. The van der Waals surface area contributed by atoms with E-state index in [4.69, 9.17) is 0 Å². The Balaban J connectivity index is 1.44. The highest BCUT2D eigenvalue weighted by Gasteiger charge is 2.25. The summed E-state index contributed by atoms with van der Waals surface area (Å²) < 4.78 is 1.86. The molecule has 1 N–H and O–H groups in total. The van der Waals surface area contributed by atoms with Crippen LogP contribution in [0.3, 0.4) is 0 Å². The Kier molecular flexibility index (Phi) is 4.31. The van der Waals surface area contributed by atoms with E-state index in [9.17, 15) is 4.79 Å². The van der Waals surface area contributed by atoms with Crippen LogP contribution in [0, 0.1) is 6.92 Å². The molecule has 0 saturated heterocycles. The van der Waals surface area contributed by atoms with Gasteiger partial charge in [-0.25, -0.2) is 14.6 Å². The van der Waals surface area contributed by atoms with E-state index in [1.54, 1.807) is 6.33 Å². The van der Waals surface area contributed by atoms with Gasteiger partial charge in [-0.3, -0.25) is 4.79 Å². The van der Waals surface area contributed by atoms with E-state index in [1.807, 2.05) is 10.1 Å². The number of aromatic nitrogens is 4. The number of rotatable bonds is 4. The number of thiazole rings is 1. The van der Waals surface area contributed by atoms with Crippen LogP contribution in [0.1, 0.15) is 51.3 Å². The zero-order valence-electron chi connectivity index (χ0n) is 14.0. The first-order chi connectivity index (χ1) is 12.2. The van der Waals surface area contributed by atoms with Crippen molar-refractivity contribution in [3.05, 3.63) is 63.6 Å². The van der Waals surface area contributed by atoms with Gasteiger partial charge >= 0.3 is 0 Å². The highest BCUT2D eigenvalue weighted by molar-refractivity contribution is 7.09. The summed E-state index contributed by atoms with van der Waals surface area (Å²) in [4.78, 5) is 21.3. The van der Waals surface area contributed by atoms with E-state index in [2.05, 4.69) is 51.6 Å². The monoisotopic (exact) mass is 353 g/mol. The van der Waals surface area contributed by atoms with Gasteiger partial charge in [0.05, 0.1) is 11.0 Å². The molecule has 128 valence electrons. The molecule has 6 nitrogen and oxygen atoms in total. The fourth-order valence-electron chi connectivity index (χ4n) is 3.04. The second kappa shape index (κ2) is 6.76. The third-order valence-electron chi connectivity index (χ3n) is 4.39. The molecule has 25 heavy (non-hydrogen) atoms. The lowest BCUT2D eigenvalue weighted by Crippen LogP contribution is -2.33. The Labute approximate surface area is 149 Å². The van der Waals surface area contributed by atoms with E-state index >= 15 is 0 Å². The minimum Gasteiger partial charge on any atom is -0.341 e. The predicted octanol–water partition coefficient (Wildman–Crippen LogP) is 2.90. The molecule has 2 aromatic heterocycles. The van der Waals surface area contributed by atoms with Crippen LogP contribution in [0.4, 0.5) is 0 Å². The maximum absolute atomic E-state index is 12.5. The molecule has 0 aliphatic carbocycles. The van der Waals surface area contributed by atoms with Crippen molar-refractivity contribution in [3.63, 3.8) is 0 Å². The van der Waals surface area contributed by atoms with Gasteiger partial charge in [0.1, 0.15) is 17.8 Å². The molecule has 1 aromatic carbocycles. The number of hydrogen-bond acceptors (Lipinski definition) is 5. The summed E-state index contributed by atoms with van der Waals surface area (Å²) in [5.74, 6) is 0.683. The molecule has 0 radical (unpaired) electrons. The quantitative estimate of drug-likeness (QED) is 0.783. The number of aryl methyl sites for hydroxylation is 2. The summed E-state index contributed by atoms with van der Waals surface area (Å²) in [6.07, 6.45) is 4.15. The SMILES string of the molecule is Cc1ccc(Cc2nc(C(=O)NC3CCCn4ncnc43)cs2)cc1. The topological polar surface area (TPSA) is 72.7 Å². The molecule has 1 aliphatic heterocycles. The van der Waals surface area contributed by atoms with Gasteiger partial charge in [-0.1, -0.05) is 29.8 Å². The lowest BCUT2D eigenvalue weighted by atomic mass is 10.1. The average molecular weight is 353 g/mol. The first-order valence-electron chi connectivity index (χ1n) is 8.37. The van der Waals surface area contributed by atoms with Crippen LogP contribution < -0.4 is 5.32 Å². The Morgan fingerprint density at radius 3 is 3.04 bits per heavy atom. The predicted molar refractivity (Wildman–Crippen MR) is 95.6 cm³/mol. The smallest absolute Gasteiger partial charge is 0.271 e. The van der Waals surface area contributed by atoms with Crippen molar-refractivity contribution in [3.8, 4) is 0 Å². The Morgan fingerprint density at radius 1 is 1.36 bits per heavy atom. The number of hydrogen-bond donors (Lipinski definition) is 1. The first kappa shape index (κ1) is 16.0. The van der Waals surface area contributed by atoms with Gasteiger partial charge in [-0.05, 0) is 25.3 Å². The molecule has 1 atom stereocenters. The maximum atomic E-state index is 12.5. The van der Waals surface area contributed by atoms with E-state index in [0.29, 0.717) is 5.69 Å². The van der Waals surface area contributed by atoms with Crippen LogP contribution in [0.5, 0.6) is 0 Å². The van der Waals surface area contributed by atoms with Crippen molar-refractivity contribution in [2.45, 2.75) is 38.8 Å². The van der Waals surface area contributed by atoms with Crippen LogP contribution in [0.2, 0.25) is 0 Å². The number of carbonyl (C=O) groups excluding carboxylic acids is 1. The minimum atomic E-state index is -0.146. The molecule has 0 bridgehead atoms. The summed E-state index contributed by atoms with van der Waals surface area (Å²) in [6, 6.07) is 8.30. The molecular formula is C18H19N5OS. The minimum absolute atomic E-state index is 0.0917. The number of amides is 1. The van der Waals surface area contributed by atoms with Crippen LogP contribution >= 0.6 is 11.3 Å². The third-order valence-corrected chi connectivity index (χ3v) is 5.23. The summed E-state index contributed by atoms with van der Waals surface area (Å²) in [5.41, 5.74) is 2.92. The van der Waals surface area contributed by atoms with Crippen LogP contribution in [-0.4, -0.2) is 25.7 Å². The fraction of sp³-hybridized carbons (Fsp3) is 0.333. The van der Waals surface area contributed by atoms with Gasteiger partial charge in [0, 0.05) is 18.3 Å². The van der Waals surface area contributed by atoms with E-state index < -0.39 is 0 Å². The summed E-state index contributed by atoms with van der Waals surface area (Å²) in [5, 5.41) is 10.00. The van der Waals surface area contributed by atoms with E-state index in [-0.39, 0.29) is 11.9 Å². The largest absolute Gasteiger partial charge is 0.341 e. The molecular weight excluding hydrogens is 334 g/mol. The Morgan fingerprint density at radius 2 is 2.20 bits per heavy atom.